The van der Waals surface area contributed by atoms with E-state index in [9.17, 15) is 4.79 Å². The highest BCUT2D eigenvalue weighted by atomic mass is 16.4. The molecule has 0 fully saturated rings. The first-order chi connectivity index (χ1) is 9.16. The summed E-state index contributed by atoms with van der Waals surface area (Å²) in [6.45, 7) is 0.729. The Bertz CT molecular complexity index is 558. The largest absolute Gasteiger partial charge is 0.477 e. The van der Waals surface area contributed by atoms with E-state index in [2.05, 4.69) is 22.1 Å². The summed E-state index contributed by atoms with van der Waals surface area (Å²) in [4.78, 5) is 20.8. The van der Waals surface area contributed by atoms with Gasteiger partial charge in [0.25, 0.3) is 0 Å². The lowest BCUT2D eigenvalue weighted by Gasteiger charge is -2.16. The zero-order valence-electron chi connectivity index (χ0n) is 10.7. The summed E-state index contributed by atoms with van der Waals surface area (Å²) in [6.07, 6.45) is 2.32. The molecule has 2 aromatic rings. The number of benzene rings is 1. The average molecular weight is 257 g/mol. The molecular weight excluding hydrogens is 242 g/mol. The van der Waals surface area contributed by atoms with Crippen LogP contribution in [0.1, 0.15) is 16.1 Å². The molecule has 0 aliphatic carbocycles. The Morgan fingerprint density at radius 3 is 2.68 bits per heavy atom. The van der Waals surface area contributed by atoms with Crippen molar-refractivity contribution in [3.05, 3.63) is 53.9 Å². The Morgan fingerprint density at radius 1 is 1.26 bits per heavy atom. The summed E-state index contributed by atoms with van der Waals surface area (Å²) in [6, 6.07) is 11.5. The normalized spacial score (nSPS) is 10.2. The Morgan fingerprint density at radius 2 is 2.00 bits per heavy atom. The van der Waals surface area contributed by atoms with Gasteiger partial charge in [-0.1, -0.05) is 30.3 Å². The SMILES string of the molecule is CN(CCc1ccccc1)c1nccc(C(=O)O)n1. The van der Waals surface area contributed by atoms with Crippen molar-refractivity contribution in [3.63, 3.8) is 0 Å². The zero-order valence-corrected chi connectivity index (χ0v) is 10.7. The molecule has 0 saturated carbocycles. The first-order valence-electron chi connectivity index (χ1n) is 5.98. The van der Waals surface area contributed by atoms with Crippen LogP contribution in [-0.4, -0.2) is 34.6 Å². The Kier molecular flexibility index (Phi) is 4.07. The third kappa shape index (κ3) is 3.51. The number of carbonyl (C=O) groups is 1. The topological polar surface area (TPSA) is 66.3 Å². The van der Waals surface area contributed by atoms with E-state index < -0.39 is 5.97 Å². The second-order valence-corrected chi connectivity index (χ2v) is 4.20. The number of nitrogens with zero attached hydrogens (tertiary/aromatic N) is 3. The summed E-state index contributed by atoms with van der Waals surface area (Å²) in [5.41, 5.74) is 1.24. The number of carboxylic acids is 1. The summed E-state index contributed by atoms with van der Waals surface area (Å²) < 4.78 is 0. The predicted octanol–water partition coefficient (Wildman–Crippen LogP) is 1.85. The molecule has 5 nitrogen and oxygen atoms in total. The first-order valence-corrected chi connectivity index (χ1v) is 5.98. The fourth-order valence-corrected chi connectivity index (χ4v) is 1.69. The molecule has 0 saturated heterocycles. The third-order valence-electron chi connectivity index (χ3n) is 2.78. The van der Waals surface area contributed by atoms with E-state index in [4.69, 9.17) is 5.11 Å². The van der Waals surface area contributed by atoms with Gasteiger partial charge >= 0.3 is 5.97 Å². The van der Waals surface area contributed by atoms with Crippen LogP contribution in [0.5, 0.6) is 0 Å². The Hall–Kier alpha value is -2.43. The van der Waals surface area contributed by atoms with Gasteiger partial charge in [0.2, 0.25) is 5.95 Å². The van der Waals surface area contributed by atoms with Crippen molar-refractivity contribution in [3.8, 4) is 0 Å². The molecule has 1 heterocycles. The number of hydrogen-bond donors (Lipinski definition) is 1. The monoisotopic (exact) mass is 257 g/mol. The highest BCUT2D eigenvalue weighted by Gasteiger charge is 2.09. The van der Waals surface area contributed by atoms with Crippen LogP contribution < -0.4 is 4.90 Å². The Balaban J connectivity index is 2.02. The molecule has 1 N–H and O–H groups in total. The quantitative estimate of drug-likeness (QED) is 0.885. The maximum atomic E-state index is 10.8. The van der Waals surface area contributed by atoms with Crippen LogP contribution in [0.25, 0.3) is 0 Å². The van der Waals surface area contributed by atoms with Crippen molar-refractivity contribution < 1.29 is 9.90 Å². The van der Waals surface area contributed by atoms with Crippen molar-refractivity contribution in [1.82, 2.24) is 9.97 Å². The van der Waals surface area contributed by atoms with Gasteiger partial charge in [-0.15, -0.1) is 0 Å². The van der Waals surface area contributed by atoms with Gasteiger partial charge in [0.05, 0.1) is 0 Å². The van der Waals surface area contributed by atoms with Gasteiger partial charge in [-0.2, -0.15) is 0 Å². The molecule has 98 valence electrons. The number of hydrogen-bond acceptors (Lipinski definition) is 4. The van der Waals surface area contributed by atoms with Gasteiger partial charge in [-0.3, -0.25) is 0 Å². The molecule has 0 aliphatic heterocycles. The molecular formula is C14H15N3O2. The molecule has 0 atom stereocenters. The van der Waals surface area contributed by atoms with E-state index in [1.807, 2.05) is 30.1 Å². The van der Waals surface area contributed by atoms with Crippen molar-refractivity contribution in [2.45, 2.75) is 6.42 Å². The molecule has 1 aromatic carbocycles. The lowest BCUT2D eigenvalue weighted by atomic mass is 10.1. The molecule has 2 rings (SSSR count). The second kappa shape index (κ2) is 5.95. The van der Waals surface area contributed by atoms with Gasteiger partial charge in [0, 0.05) is 19.8 Å². The van der Waals surface area contributed by atoms with E-state index in [0.29, 0.717) is 5.95 Å². The highest BCUT2D eigenvalue weighted by Crippen LogP contribution is 2.07. The number of aromatic nitrogens is 2. The van der Waals surface area contributed by atoms with Crippen LogP contribution in [0.3, 0.4) is 0 Å². The van der Waals surface area contributed by atoms with Crippen LogP contribution in [0, 0.1) is 0 Å². The smallest absolute Gasteiger partial charge is 0.354 e. The minimum Gasteiger partial charge on any atom is -0.477 e. The number of anilines is 1. The van der Waals surface area contributed by atoms with Crippen LogP contribution in [0.2, 0.25) is 0 Å². The number of carboxylic acid groups (broad SMARTS) is 1. The van der Waals surface area contributed by atoms with Crippen LogP contribution in [0.15, 0.2) is 42.6 Å². The van der Waals surface area contributed by atoms with E-state index in [-0.39, 0.29) is 5.69 Å². The van der Waals surface area contributed by atoms with E-state index >= 15 is 0 Å². The standard InChI is InChI=1S/C14H15N3O2/c1-17(10-8-11-5-3-2-4-6-11)14-15-9-7-12(16-14)13(18)19/h2-7,9H,8,10H2,1H3,(H,18,19). The molecule has 0 bridgehead atoms. The first kappa shape index (κ1) is 13.0. The molecule has 0 amide bonds. The van der Waals surface area contributed by atoms with Crippen molar-refractivity contribution in [1.29, 1.82) is 0 Å². The molecule has 5 heteroatoms. The van der Waals surface area contributed by atoms with Crippen LogP contribution in [0.4, 0.5) is 5.95 Å². The number of rotatable bonds is 5. The summed E-state index contributed by atoms with van der Waals surface area (Å²) >= 11 is 0. The van der Waals surface area contributed by atoms with Gasteiger partial charge in [-0.05, 0) is 18.1 Å². The number of aromatic carboxylic acids is 1. The molecule has 0 radical (unpaired) electrons. The lowest BCUT2D eigenvalue weighted by Crippen LogP contribution is -2.23. The molecule has 0 unspecified atom stereocenters. The van der Waals surface area contributed by atoms with E-state index in [1.54, 1.807) is 0 Å². The van der Waals surface area contributed by atoms with Crippen molar-refractivity contribution >= 4 is 11.9 Å². The maximum absolute atomic E-state index is 10.8. The maximum Gasteiger partial charge on any atom is 0.354 e. The summed E-state index contributed by atoms with van der Waals surface area (Å²) in [7, 11) is 1.85. The van der Waals surface area contributed by atoms with E-state index in [0.717, 1.165) is 13.0 Å². The average Bonchev–Trinajstić information content (AvgIpc) is 2.46. The second-order valence-electron chi connectivity index (χ2n) is 4.20. The number of likely N-dealkylation sites (N-methyl/N-ethyl adjacent to an activating group) is 1. The Labute approximate surface area is 111 Å². The fraction of sp³-hybridized carbons (Fsp3) is 0.214. The summed E-state index contributed by atoms with van der Waals surface area (Å²) in [5, 5.41) is 8.89. The minimum absolute atomic E-state index is 0.0107. The highest BCUT2D eigenvalue weighted by molar-refractivity contribution is 5.85. The van der Waals surface area contributed by atoms with E-state index in [1.165, 1.54) is 17.8 Å². The predicted molar refractivity (Wildman–Crippen MR) is 72.4 cm³/mol. The molecule has 1 aromatic heterocycles. The lowest BCUT2D eigenvalue weighted by molar-refractivity contribution is 0.0690. The van der Waals surface area contributed by atoms with Crippen molar-refractivity contribution in [2.75, 3.05) is 18.5 Å². The summed E-state index contributed by atoms with van der Waals surface area (Å²) in [5.74, 6) is -0.615. The van der Waals surface area contributed by atoms with Gasteiger partial charge in [-0.25, -0.2) is 14.8 Å². The molecule has 19 heavy (non-hydrogen) atoms. The molecule has 0 spiro atoms. The van der Waals surface area contributed by atoms with Gasteiger partial charge < -0.3 is 10.0 Å². The van der Waals surface area contributed by atoms with Crippen LogP contribution in [-0.2, 0) is 6.42 Å². The van der Waals surface area contributed by atoms with Crippen LogP contribution >= 0.6 is 0 Å². The van der Waals surface area contributed by atoms with Gasteiger partial charge in [0.1, 0.15) is 0 Å². The molecule has 0 aliphatic rings. The van der Waals surface area contributed by atoms with Crippen molar-refractivity contribution in [2.24, 2.45) is 0 Å². The third-order valence-corrected chi connectivity index (χ3v) is 2.78. The van der Waals surface area contributed by atoms with Gasteiger partial charge in [0.15, 0.2) is 5.69 Å². The minimum atomic E-state index is -1.04. The zero-order chi connectivity index (χ0) is 13.7. The fourth-order valence-electron chi connectivity index (χ4n) is 1.69.